The fraction of sp³-hybridized carbons (Fsp3) is 0.750. The molecule has 0 aromatic heterocycles. The zero-order valence-corrected chi connectivity index (χ0v) is 10.8. The molecule has 0 fully saturated rings. The van der Waals surface area contributed by atoms with Crippen LogP contribution in [-0.2, 0) is 0 Å². The van der Waals surface area contributed by atoms with E-state index in [0.29, 0.717) is 0 Å². The molecule has 0 amide bonds. The van der Waals surface area contributed by atoms with E-state index in [0.717, 1.165) is 0 Å². The van der Waals surface area contributed by atoms with Crippen molar-refractivity contribution < 1.29 is 0 Å². The van der Waals surface area contributed by atoms with Crippen molar-refractivity contribution in [1.29, 1.82) is 0 Å². The van der Waals surface area contributed by atoms with Crippen LogP contribution in [0.15, 0.2) is 24.3 Å². The van der Waals surface area contributed by atoms with E-state index in [1.54, 1.807) is 0 Å². The first kappa shape index (κ1) is 13.5. The summed E-state index contributed by atoms with van der Waals surface area (Å²) >= 11 is 0. The van der Waals surface area contributed by atoms with Crippen molar-refractivity contribution in [2.75, 3.05) is 0 Å². The molecule has 1 rings (SSSR count). The van der Waals surface area contributed by atoms with Gasteiger partial charge in [0.1, 0.15) is 0 Å². The van der Waals surface area contributed by atoms with E-state index in [4.69, 9.17) is 0 Å². The summed E-state index contributed by atoms with van der Waals surface area (Å²) in [5.41, 5.74) is 0. The van der Waals surface area contributed by atoms with Crippen LogP contribution in [0.25, 0.3) is 0 Å². The van der Waals surface area contributed by atoms with E-state index in [2.05, 4.69) is 24.3 Å². The van der Waals surface area contributed by atoms with Crippen LogP contribution in [0.3, 0.4) is 0 Å². The van der Waals surface area contributed by atoms with Gasteiger partial charge in [0.15, 0.2) is 0 Å². The van der Waals surface area contributed by atoms with Crippen molar-refractivity contribution >= 4 is 0 Å². The molecule has 0 heteroatoms. The monoisotopic (exact) mass is 220 g/mol. The quantitative estimate of drug-likeness (QED) is 0.453. The van der Waals surface area contributed by atoms with Crippen LogP contribution < -0.4 is 0 Å². The minimum absolute atomic E-state index is 1.23. The van der Waals surface area contributed by atoms with Gasteiger partial charge in [0, 0.05) is 0 Å². The Kier molecular flexibility index (Phi) is 9.30. The summed E-state index contributed by atoms with van der Waals surface area (Å²) in [6.07, 6.45) is 26.0. The maximum Gasteiger partial charge on any atom is -0.0316 e. The molecule has 1 aliphatic carbocycles. The van der Waals surface area contributed by atoms with Crippen molar-refractivity contribution in [1.82, 2.24) is 0 Å². The molecular formula is C16H28. The van der Waals surface area contributed by atoms with Gasteiger partial charge in [-0.1, -0.05) is 62.8 Å². The Labute approximate surface area is 102 Å². The number of hydrogen-bond donors (Lipinski definition) is 0. The molecule has 0 aromatic carbocycles. The molecule has 0 spiro atoms. The minimum atomic E-state index is 1.23. The molecule has 0 bridgehead atoms. The molecule has 1 aliphatic rings. The van der Waals surface area contributed by atoms with Crippen LogP contribution in [0, 0.1) is 0 Å². The number of rotatable bonds is 0. The van der Waals surface area contributed by atoms with Crippen LogP contribution in [0.2, 0.25) is 0 Å². The van der Waals surface area contributed by atoms with E-state index in [1.165, 1.54) is 77.0 Å². The molecule has 16 heavy (non-hydrogen) atoms. The zero-order valence-electron chi connectivity index (χ0n) is 10.8. The fourth-order valence-corrected chi connectivity index (χ4v) is 2.25. The Balaban J connectivity index is 2.14. The van der Waals surface area contributed by atoms with Crippen LogP contribution >= 0.6 is 0 Å². The standard InChI is InChI=1S/C16H28/c1-2-4-6-8-10-12-14-16-15-13-11-9-7-5-3-1/h1-2,7,9H,3-6,8,10-16H2. The SMILES string of the molecule is C1=CCCCCCCCCCCC=CCC1. The third-order valence-corrected chi connectivity index (χ3v) is 3.32. The van der Waals surface area contributed by atoms with Crippen LogP contribution in [-0.4, -0.2) is 0 Å². The molecule has 92 valence electrons. The topological polar surface area (TPSA) is 0 Å². The van der Waals surface area contributed by atoms with Crippen LogP contribution in [0.4, 0.5) is 0 Å². The Bertz CT molecular complexity index is 166. The van der Waals surface area contributed by atoms with Gasteiger partial charge in [-0.3, -0.25) is 0 Å². The largest absolute Gasteiger partial charge is 0.0885 e. The molecular weight excluding hydrogens is 192 g/mol. The summed E-state index contributed by atoms with van der Waals surface area (Å²) in [5, 5.41) is 0. The molecule has 0 aromatic rings. The lowest BCUT2D eigenvalue weighted by Crippen LogP contribution is -1.81. The normalized spacial score (nSPS) is 22.0. The lowest BCUT2D eigenvalue weighted by molar-refractivity contribution is 0.570. The summed E-state index contributed by atoms with van der Waals surface area (Å²) in [6, 6.07) is 0. The molecule has 0 saturated heterocycles. The van der Waals surface area contributed by atoms with E-state index in [1.807, 2.05) is 0 Å². The van der Waals surface area contributed by atoms with Gasteiger partial charge in [0.2, 0.25) is 0 Å². The highest BCUT2D eigenvalue weighted by Gasteiger charge is 1.92. The maximum absolute atomic E-state index is 2.37. The molecule has 0 unspecified atom stereocenters. The predicted octanol–water partition coefficient (Wildman–Crippen LogP) is 5.79. The lowest BCUT2D eigenvalue weighted by Gasteiger charge is -2.01. The summed E-state index contributed by atoms with van der Waals surface area (Å²) in [4.78, 5) is 0. The Morgan fingerprint density at radius 3 is 1.06 bits per heavy atom. The minimum Gasteiger partial charge on any atom is -0.0885 e. The highest BCUT2D eigenvalue weighted by molar-refractivity contribution is 4.88. The highest BCUT2D eigenvalue weighted by atomic mass is 14.0. The van der Waals surface area contributed by atoms with Gasteiger partial charge in [-0.15, -0.1) is 0 Å². The molecule has 0 atom stereocenters. The summed E-state index contributed by atoms with van der Waals surface area (Å²) in [5.74, 6) is 0. The van der Waals surface area contributed by atoms with Crippen molar-refractivity contribution in [2.24, 2.45) is 0 Å². The van der Waals surface area contributed by atoms with Gasteiger partial charge >= 0.3 is 0 Å². The molecule has 0 saturated carbocycles. The van der Waals surface area contributed by atoms with Crippen molar-refractivity contribution in [3.8, 4) is 0 Å². The second-order valence-corrected chi connectivity index (χ2v) is 4.93. The average molecular weight is 220 g/mol. The third-order valence-electron chi connectivity index (χ3n) is 3.32. The average Bonchev–Trinajstić information content (AvgIpc) is 2.29. The second-order valence-electron chi connectivity index (χ2n) is 4.93. The van der Waals surface area contributed by atoms with Gasteiger partial charge in [0.25, 0.3) is 0 Å². The number of hydrogen-bond acceptors (Lipinski definition) is 0. The summed E-state index contributed by atoms with van der Waals surface area (Å²) in [7, 11) is 0. The first-order chi connectivity index (χ1) is 8.00. The second kappa shape index (κ2) is 11.0. The Morgan fingerprint density at radius 2 is 0.625 bits per heavy atom. The van der Waals surface area contributed by atoms with E-state index in [9.17, 15) is 0 Å². The Morgan fingerprint density at radius 1 is 0.312 bits per heavy atom. The first-order valence-corrected chi connectivity index (χ1v) is 7.30. The van der Waals surface area contributed by atoms with Gasteiger partial charge in [-0.2, -0.15) is 0 Å². The number of allylic oxidation sites excluding steroid dienone is 4. The molecule has 0 radical (unpaired) electrons. The molecule has 0 heterocycles. The van der Waals surface area contributed by atoms with Crippen molar-refractivity contribution in [3.05, 3.63) is 24.3 Å². The molecule has 0 aliphatic heterocycles. The van der Waals surface area contributed by atoms with Crippen LogP contribution in [0.5, 0.6) is 0 Å². The van der Waals surface area contributed by atoms with Gasteiger partial charge in [-0.25, -0.2) is 0 Å². The summed E-state index contributed by atoms with van der Waals surface area (Å²) < 4.78 is 0. The first-order valence-electron chi connectivity index (χ1n) is 7.30. The Hall–Kier alpha value is -0.520. The molecule has 0 N–H and O–H groups in total. The zero-order chi connectivity index (χ0) is 11.3. The van der Waals surface area contributed by atoms with Crippen molar-refractivity contribution in [3.63, 3.8) is 0 Å². The summed E-state index contributed by atoms with van der Waals surface area (Å²) in [6.45, 7) is 0. The van der Waals surface area contributed by atoms with Gasteiger partial charge < -0.3 is 0 Å². The lowest BCUT2D eigenvalue weighted by atomic mass is 10.1. The van der Waals surface area contributed by atoms with E-state index >= 15 is 0 Å². The maximum atomic E-state index is 2.37. The predicted molar refractivity (Wildman–Crippen MR) is 73.7 cm³/mol. The smallest absolute Gasteiger partial charge is 0.0316 e. The van der Waals surface area contributed by atoms with Gasteiger partial charge in [0.05, 0.1) is 0 Å². The van der Waals surface area contributed by atoms with Crippen LogP contribution in [0.1, 0.15) is 77.0 Å². The third kappa shape index (κ3) is 8.76. The van der Waals surface area contributed by atoms with Gasteiger partial charge in [-0.05, 0) is 38.5 Å². The highest BCUT2D eigenvalue weighted by Crippen LogP contribution is 2.11. The van der Waals surface area contributed by atoms with Crippen molar-refractivity contribution in [2.45, 2.75) is 77.0 Å². The molecule has 0 nitrogen and oxygen atoms in total. The van der Waals surface area contributed by atoms with E-state index < -0.39 is 0 Å². The van der Waals surface area contributed by atoms with E-state index in [-0.39, 0.29) is 0 Å². The fourth-order valence-electron chi connectivity index (χ4n) is 2.25.